The molecule has 0 aromatic heterocycles. The van der Waals surface area contributed by atoms with Crippen LogP contribution in [0.3, 0.4) is 0 Å². The molecule has 0 aromatic rings. The third-order valence-electron chi connectivity index (χ3n) is 2.71. The van der Waals surface area contributed by atoms with Gasteiger partial charge < -0.3 is 14.7 Å². The number of carbonyl (C=O) groups excluding carboxylic acids is 1. The first-order chi connectivity index (χ1) is 7.70. The van der Waals surface area contributed by atoms with Crippen LogP contribution in [0, 0.1) is 0 Å². The monoisotopic (exact) mass is 246 g/mol. The molecular formula is C9H14N2O4S. The minimum absolute atomic E-state index is 0.0843. The van der Waals surface area contributed by atoms with Crippen LogP contribution in [0.25, 0.3) is 0 Å². The van der Waals surface area contributed by atoms with Gasteiger partial charge in [-0.15, -0.1) is 11.8 Å². The van der Waals surface area contributed by atoms with Crippen molar-refractivity contribution in [2.45, 2.75) is 12.1 Å². The first kappa shape index (κ1) is 11.7. The first-order valence-electron chi connectivity index (χ1n) is 5.12. The Labute approximate surface area is 97.3 Å². The molecule has 2 atom stereocenters. The zero-order valence-corrected chi connectivity index (χ0v) is 9.53. The van der Waals surface area contributed by atoms with Crippen LogP contribution in [0.4, 0.5) is 0 Å². The second kappa shape index (κ2) is 5.03. The lowest BCUT2D eigenvalue weighted by Crippen LogP contribution is -2.57. The van der Waals surface area contributed by atoms with Gasteiger partial charge in [0.1, 0.15) is 0 Å². The second-order valence-corrected chi connectivity index (χ2v) is 4.76. The summed E-state index contributed by atoms with van der Waals surface area (Å²) in [6, 6.07) is -1.08. The van der Waals surface area contributed by atoms with E-state index in [1.807, 2.05) is 0 Å². The maximum atomic E-state index is 12.0. The Balaban J connectivity index is 2.04. The lowest BCUT2D eigenvalue weighted by molar-refractivity contribution is -0.158. The Bertz CT molecular complexity index is 293. The van der Waals surface area contributed by atoms with E-state index in [2.05, 4.69) is 5.32 Å². The Morgan fingerprint density at radius 3 is 2.94 bits per heavy atom. The van der Waals surface area contributed by atoms with E-state index in [4.69, 9.17) is 9.84 Å². The predicted molar refractivity (Wildman–Crippen MR) is 58.2 cm³/mol. The highest BCUT2D eigenvalue weighted by Gasteiger charge is 2.36. The molecule has 0 aliphatic carbocycles. The lowest BCUT2D eigenvalue weighted by Gasteiger charge is -2.34. The molecule has 1 amide bonds. The van der Waals surface area contributed by atoms with Crippen molar-refractivity contribution in [1.29, 1.82) is 0 Å². The summed E-state index contributed by atoms with van der Waals surface area (Å²) in [5.41, 5.74) is 0. The highest BCUT2D eigenvalue weighted by molar-refractivity contribution is 7.99. The number of morpholine rings is 1. The molecular weight excluding hydrogens is 232 g/mol. The van der Waals surface area contributed by atoms with Gasteiger partial charge >= 0.3 is 5.97 Å². The van der Waals surface area contributed by atoms with E-state index in [0.717, 1.165) is 5.88 Å². The molecule has 2 heterocycles. The number of ether oxygens (including phenoxy) is 1. The summed E-state index contributed by atoms with van der Waals surface area (Å²) in [5.74, 6) is 0.334. The normalized spacial score (nSPS) is 30.4. The van der Waals surface area contributed by atoms with Crippen molar-refractivity contribution >= 4 is 23.6 Å². The van der Waals surface area contributed by atoms with Crippen LogP contribution in [0.1, 0.15) is 0 Å². The van der Waals surface area contributed by atoms with Crippen LogP contribution < -0.4 is 5.32 Å². The number of hydrogen-bond donors (Lipinski definition) is 2. The molecule has 2 unspecified atom stereocenters. The van der Waals surface area contributed by atoms with Crippen molar-refractivity contribution in [2.75, 3.05) is 31.4 Å². The number of hydrogen-bond acceptors (Lipinski definition) is 5. The van der Waals surface area contributed by atoms with Crippen LogP contribution in [0.5, 0.6) is 0 Å². The van der Waals surface area contributed by atoms with Gasteiger partial charge in [-0.05, 0) is 0 Å². The SMILES string of the molecule is O=C(O)C1COCCN1C(=O)C1CSCN1. The van der Waals surface area contributed by atoms with Crippen molar-refractivity contribution in [3.8, 4) is 0 Å². The molecule has 0 radical (unpaired) electrons. The average Bonchev–Trinajstić information content (AvgIpc) is 2.81. The molecule has 6 nitrogen and oxygen atoms in total. The lowest BCUT2D eigenvalue weighted by atomic mass is 10.2. The van der Waals surface area contributed by atoms with Gasteiger partial charge in [-0.2, -0.15) is 0 Å². The maximum absolute atomic E-state index is 12.0. The Morgan fingerprint density at radius 1 is 1.50 bits per heavy atom. The molecule has 16 heavy (non-hydrogen) atoms. The van der Waals surface area contributed by atoms with Gasteiger partial charge in [-0.25, -0.2) is 4.79 Å². The molecule has 0 aromatic carbocycles. The van der Waals surface area contributed by atoms with E-state index in [-0.39, 0.29) is 18.6 Å². The van der Waals surface area contributed by atoms with Crippen LogP contribution in [0.2, 0.25) is 0 Å². The molecule has 2 aliphatic rings. The second-order valence-electron chi connectivity index (χ2n) is 3.73. The minimum Gasteiger partial charge on any atom is -0.480 e. The van der Waals surface area contributed by atoms with E-state index < -0.39 is 12.0 Å². The van der Waals surface area contributed by atoms with Gasteiger partial charge in [0.05, 0.1) is 19.3 Å². The van der Waals surface area contributed by atoms with E-state index in [1.165, 1.54) is 4.90 Å². The molecule has 0 saturated carbocycles. The standard InChI is InChI=1S/C9H14N2O4S/c12-8(6-4-16-5-10-6)11-1-2-15-3-7(11)9(13)14/h6-7,10H,1-5H2,(H,13,14). The molecule has 2 fully saturated rings. The molecule has 0 bridgehead atoms. The molecule has 2 N–H and O–H groups in total. The summed E-state index contributed by atoms with van der Waals surface area (Å²) in [6.07, 6.45) is 0. The molecule has 7 heteroatoms. The van der Waals surface area contributed by atoms with Crippen LogP contribution in [-0.2, 0) is 14.3 Å². The number of thioether (sulfide) groups is 1. The Morgan fingerprint density at radius 2 is 2.31 bits per heavy atom. The van der Waals surface area contributed by atoms with E-state index in [9.17, 15) is 9.59 Å². The quantitative estimate of drug-likeness (QED) is 0.648. The maximum Gasteiger partial charge on any atom is 0.328 e. The molecule has 90 valence electrons. The molecule has 2 rings (SSSR count). The van der Waals surface area contributed by atoms with Crippen molar-refractivity contribution in [3.05, 3.63) is 0 Å². The van der Waals surface area contributed by atoms with Crippen LogP contribution in [0.15, 0.2) is 0 Å². The first-order valence-corrected chi connectivity index (χ1v) is 6.28. The number of rotatable bonds is 2. The summed E-state index contributed by atoms with van der Waals surface area (Å²) < 4.78 is 5.09. The molecule has 2 saturated heterocycles. The molecule has 0 spiro atoms. The minimum atomic E-state index is -1.00. The topological polar surface area (TPSA) is 78.9 Å². The van der Waals surface area contributed by atoms with Crippen molar-refractivity contribution in [3.63, 3.8) is 0 Å². The third-order valence-corrected chi connectivity index (χ3v) is 3.65. The summed E-state index contributed by atoms with van der Waals surface area (Å²) in [7, 11) is 0. The number of nitrogens with one attached hydrogen (secondary N) is 1. The predicted octanol–water partition coefficient (Wildman–Crippen LogP) is -1.04. The average molecular weight is 246 g/mol. The van der Waals surface area contributed by atoms with Crippen molar-refractivity contribution in [1.82, 2.24) is 10.2 Å². The van der Waals surface area contributed by atoms with Gasteiger partial charge in [0.25, 0.3) is 0 Å². The smallest absolute Gasteiger partial charge is 0.328 e. The number of carboxylic acid groups (broad SMARTS) is 1. The third kappa shape index (κ3) is 2.31. The van der Waals surface area contributed by atoms with Crippen molar-refractivity contribution < 1.29 is 19.4 Å². The summed E-state index contributed by atoms with van der Waals surface area (Å²) in [6.45, 7) is 0.856. The zero-order chi connectivity index (χ0) is 11.5. The van der Waals surface area contributed by atoms with Crippen LogP contribution in [-0.4, -0.2) is 65.4 Å². The van der Waals surface area contributed by atoms with E-state index in [0.29, 0.717) is 18.9 Å². The largest absolute Gasteiger partial charge is 0.480 e. The number of carbonyl (C=O) groups is 2. The highest BCUT2D eigenvalue weighted by atomic mass is 32.2. The van der Waals surface area contributed by atoms with E-state index in [1.54, 1.807) is 11.8 Å². The zero-order valence-electron chi connectivity index (χ0n) is 8.72. The fourth-order valence-corrected chi connectivity index (χ4v) is 2.76. The summed E-state index contributed by atoms with van der Waals surface area (Å²) in [4.78, 5) is 24.4. The molecule has 2 aliphatic heterocycles. The fourth-order valence-electron chi connectivity index (χ4n) is 1.83. The van der Waals surface area contributed by atoms with Gasteiger partial charge in [0.2, 0.25) is 5.91 Å². The summed E-state index contributed by atoms with van der Waals surface area (Å²) in [5, 5.41) is 12.1. The van der Waals surface area contributed by atoms with Gasteiger partial charge in [-0.3, -0.25) is 10.1 Å². The number of aliphatic carboxylic acids is 1. The summed E-state index contributed by atoms with van der Waals surface area (Å²) >= 11 is 1.65. The Kier molecular flexibility index (Phi) is 3.67. The van der Waals surface area contributed by atoms with Crippen molar-refractivity contribution in [2.24, 2.45) is 0 Å². The number of carboxylic acids is 1. The highest BCUT2D eigenvalue weighted by Crippen LogP contribution is 2.15. The van der Waals surface area contributed by atoms with Crippen LogP contribution >= 0.6 is 11.8 Å². The number of amides is 1. The van der Waals surface area contributed by atoms with E-state index >= 15 is 0 Å². The fraction of sp³-hybridized carbons (Fsp3) is 0.778. The number of nitrogens with zero attached hydrogens (tertiary/aromatic N) is 1. The Hall–Kier alpha value is -0.790. The van der Waals surface area contributed by atoms with Gasteiger partial charge in [0, 0.05) is 18.2 Å². The van der Waals surface area contributed by atoms with Gasteiger partial charge in [0.15, 0.2) is 6.04 Å². The van der Waals surface area contributed by atoms with Gasteiger partial charge in [-0.1, -0.05) is 0 Å².